The summed E-state index contributed by atoms with van der Waals surface area (Å²) in [4.78, 5) is 11.8. The van der Waals surface area contributed by atoms with Gasteiger partial charge in [-0.05, 0) is 21.0 Å². The highest BCUT2D eigenvalue weighted by Gasteiger charge is 2.22. The molecule has 0 aromatic carbocycles. The number of hydrogen-bond acceptors (Lipinski definition) is 3. The van der Waals surface area contributed by atoms with Crippen LogP contribution in [0.5, 0.6) is 0 Å². The van der Waals surface area contributed by atoms with E-state index in [4.69, 9.17) is 10.2 Å². The van der Waals surface area contributed by atoms with Crippen LogP contribution < -0.4 is 0 Å². The molecule has 1 unspecified atom stereocenters. The molecule has 0 bridgehead atoms. The van der Waals surface area contributed by atoms with Crippen LogP contribution in [0.3, 0.4) is 0 Å². The zero-order valence-electron chi connectivity index (χ0n) is 6.40. The van der Waals surface area contributed by atoms with Gasteiger partial charge in [-0.2, -0.15) is 0 Å². The SMILES string of the molecule is C[C@@H](C(O)C(=O)O)N(C)C. The molecule has 0 amide bonds. The van der Waals surface area contributed by atoms with Crippen LogP contribution in [0.1, 0.15) is 6.92 Å². The molecule has 0 radical (unpaired) electrons. The van der Waals surface area contributed by atoms with Crippen LogP contribution in [-0.4, -0.2) is 47.3 Å². The standard InChI is InChI=1S/C6H13NO3/c1-4(7(2)3)5(8)6(9)10/h4-5,8H,1-3H3,(H,9,10)/t4-,5?/m0/s1. The number of rotatable bonds is 3. The predicted octanol–water partition coefficient (Wildman–Crippen LogP) is -0.618. The van der Waals surface area contributed by atoms with Gasteiger partial charge in [0.1, 0.15) is 0 Å². The number of carbonyl (C=O) groups is 1. The third-order valence-corrected chi connectivity index (χ3v) is 1.52. The Kier molecular flexibility index (Phi) is 3.32. The Morgan fingerprint density at radius 2 is 1.90 bits per heavy atom. The molecule has 2 N–H and O–H groups in total. The first-order valence-electron chi connectivity index (χ1n) is 3.04. The zero-order valence-corrected chi connectivity index (χ0v) is 6.40. The summed E-state index contributed by atoms with van der Waals surface area (Å²) < 4.78 is 0. The number of aliphatic hydroxyl groups excluding tert-OH is 1. The van der Waals surface area contributed by atoms with Crippen molar-refractivity contribution in [2.24, 2.45) is 0 Å². The third kappa shape index (κ3) is 2.33. The van der Waals surface area contributed by atoms with E-state index < -0.39 is 12.1 Å². The monoisotopic (exact) mass is 147 g/mol. The van der Waals surface area contributed by atoms with Gasteiger partial charge in [-0.25, -0.2) is 4.79 Å². The maximum Gasteiger partial charge on any atom is 0.334 e. The summed E-state index contributed by atoms with van der Waals surface area (Å²) in [6, 6.07) is -0.350. The van der Waals surface area contributed by atoms with Crippen molar-refractivity contribution < 1.29 is 15.0 Å². The molecule has 0 aromatic heterocycles. The van der Waals surface area contributed by atoms with E-state index in [1.807, 2.05) is 0 Å². The number of nitrogens with zero attached hydrogens (tertiary/aromatic N) is 1. The first kappa shape index (κ1) is 9.39. The van der Waals surface area contributed by atoms with Gasteiger partial charge in [0.2, 0.25) is 0 Å². The van der Waals surface area contributed by atoms with Gasteiger partial charge < -0.3 is 15.1 Å². The Balaban J connectivity index is 3.94. The molecule has 0 aromatic rings. The van der Waals surface area contributed by atoms with Crippen LogP contribution in [0.2, 0.25) is 0 Å². The fourth-order valence-electron chi connectivity index (χ4n) is 0.489. The summed E-state index contributed by atoms with van der Waals surface area (Å²) in [7, 11) is 3.44. The largest absolute Gasteiger partial charge is 0.479 e. The van der Waals surface area contributed by atoms with Crippen molar-refractivity contribution >= 4 is 5.97 Å². The van der Waals surface area contributed by atoms with Gasteiger partial charge in [0, 0.05) is 6.04 Å². The molecular formula is C6H13NO3. The molecule has 0 fully saturated rings. The van der Waals surface area contributed by atoms with Crippen molar-refractivity contribution in [3.8, 4) is 0 Å². The normalized spacial score (nSPS) is 16.9. The maximum atomic E-state index is 10.2. The number of carboxylic acids is 1. The lowest BCUT2D eigenvalue weighted by Gasteiger charge is -2.21. The summed E-state index contributed by atoms with van der Waals surface area (Å²) in [6.07, 6.45) is -1.30. The molecule has 60 valence electrons. The van der Waals surface area contributed by atoms with E-state index in [0.717, 1.165) is 0 Å². The number of carboxylic acid groups (broad SMARTS) is 1. The van der Waals surface area contributed by atoms with Gasteiger partial charge in [-0.15, -0.1) is 0 Å². The van der Waals surface area contributed by atoms with Crippen LogP contribution in [0.4, 0.5) is 0 Å². The quantitative estimate of drug-likeness (QED) is 0.558. The predicted molar refractivity (Wildman–Crippen MR) is 36.8 cm³/mol. The van der Waals surface area contributed by atoms with Crippen LogP contribution in [0, 0.1) is 0 Å². The Morgan fingerprint density at radius 1 is 1.50 bits per heavy atom. The summed E-state index contributed by atoms with van der Waals surface area (Å²) in [5.74, 6) is -1.18. The lowest BCUT2D eigenvalue weighted by molar-refractivity contribution is -0.149. The smallest absolute Gasteiger partial charge is 0.334 e. The van der Waals surface area contributed by atoms with Gasteiger partial charge in [0.05, 0.1) is 0 Å². The van der Waals surface area contributed by atoms with Crippen molar-refractivity contribution in [2.75, 3.05) is 14.1 Å². The maximum absolute atomic E-state index is 10.2. The highest BCUT2D eigenvalue weighted by Crippen LogP contribution is 1.98. The number of aliphatic hydroxyl groups is 1. The van der Waals surface area contributed by atoms with Crippen molar-refractivity contribution in [1.29, 1.82) is 0 Å². The fraction of sp³-hybridized carbons (Fsp3) is 0.833. The van der Waals surface area contributed by atoms with Crippen LogP contribution >= 0.6 is 0 Å². The lowest BCUT2D eigenvalue weighted by Crippen LogP contribution is -2.41. The summed E-state index contributed by atoms with van der Waals surface area (Å²) in [5, 5.41) is 17.2. The molecule has 0 aliphatic rings. The minimum Gasteiger partial charge on any atom is -0.479 e. The molecule has 10 heavy (non-hydrogen) atoms. The van der Waals surface area contributed by atoms with E-state index in [2.05, 4.69) is 0 Å². The van der Waals surface area contributed by atoms with E-state index in [9.17, 15) is 4.79 Å². The van der Waals surface area contributed by atoms with Gasteiger partial charge in [0.15, 0.2) is 6.10 Å². The van der Waals surface area contributed by atoms with Crippen molar-refractivity contribution in [3.63, 3.8) is 0 Å². The second-order valence-corrected chi connectivity index (χ2v) is 2.49. The van der Waals surface area contributed by atoms with E-state index in [0.29, 0.717) is 0 Å². The molecule has 0 rings (SSSR count). The second kappa shape index (κ2) is 3.53. The van der Waals surface area contributed by atoms with Crippen LogP contribution in [0.25, 0.3) is 0 Å². The van der Waals surface area contributed by atoms with Crippen LogP contribution in [-0.2, 0) is 4.79 Å². The zero-order chi connectivity index (χ0) is 8.31. The van der Waals surface area contributed by atoms with Crippen molar-refractivity contribution in [1.82, 2.24) is 4.90 Å². The molecule has 4 heteroatoms. The topological polar surface area (TPSA) is 60.8 Å². The molecular weight excluding hydrogens is 134 g/mol. The average molecular weight is 147 g/mol. The minimum absolute atomic E-state index is 0.350. The molecule has 0 heterocycles. The first-order chi connectivity index (χ1) is 4.46. The first-order valence-corrected chi connectivity index (χ1v) is 3.04. The number of aliphatic carboxylic acids is 1. The number of likely N-dealkylation sites (N-methyl/N-ethyl adjacent to an activating group) is 1. The number of hydrogen-bond donors (Lipinski definition) is 2. The van der Waals surface area contributed by atoms with Crippen LogP contribution in [0.15, 0.2) is 0 Å². The van der Waals surface area contributed by atoms with Gasteiger partial charge >= 0.3 is 5.97 Å². The molecule has 0 saturated carbocycles. The Hall–Kier alpha value is -0.610. The van der Waals surface area contributed by atoms with E-state index in [1.165, 1.54) is 0 Å². The molecule has 0 saturated heterocycles. The molecule has 0 spiro atoms. The van der Waals surface area contributed by atoms with Gasteiger partial charge in [-0.1, -0.05) is 0 Å². The van der Waals surface area contributed by atoms with Gasteiger partial charge in [0.25, 0.3) is 0 Å². The summed E-state index contributed by atoms with van der Waals surface area (Å²) in [6.45, 7) is 1.65. The molecule has 4 nitrogen and oxygen atoms in total. The van der Waals surface area contributed by atoms with E-state index in [-0.39, 0.29) is 6.04 Å². The Bertz CT molecular complexity index is 124. The molecule has 0 aliphatic carbocycles. The Morgan fingerprint density at radius 3 is 2.00 bits per heavy atom. The van der Waals surface area contributed by atoms with E-state index >= 15 is 0 Å². The minimum atomic E-state index is -1.30. The second-order valence-electron chi connectivity index (χ2n) is 2.49. The van der Waals surface area contributed by atoms with Gasteiger partial charge in [-0.3, -0.25) is 0 Å². The fourth-order valence-corrected chi connectivity index (χ4v) is 0.489. The molecule has 0 aliphatic heterocycles. The summed E-state index contributed by atoms with van der Waals surface area (Å²) in [5.41, 5.74) is 0. The Labute approximate surface area is 60.1 Å². The lowest BCUT2D eigenvalue weighted by atomic mass is 10.2. The molecule has 2 atom stereocenters. The highest BCUT2D eigenvalue weighted by atomic mass is 16.4. The van der Waals surface area contributed by atoms with Crippen molar-refractivity contribution in [2.45, 2.75) is 19.1 Å². The third-order valence-electron chi connectivity index (χ3n) is 1.52. The summed E-state index contributed by atoms with van der Waals surface area (Å²) >= 11 is 0. The average Bonchev–Trinajstić information content (AvgIpc) is 1.84. The highest BCUT2D eigenvalue weighted by molar-refractivity contribution is 5.72. The van der Waals surface area contributed by atoms with Crippen molar-refractivity contribution in [3.05, 3.63) is 0 Å². The van der Waals surface area contributed by atoms with E-state index in [1.54, 1.807) is 25.9 Å².